The van der Waals surface area contributed by atoms with Gasteiger partial charge in [0.2, 0.25) is 11.0 Å². The molecular weight excluding hydrogens is 346 g/mol. The van der Waals surface area contributed by atoms with Crippen LogP contribution in [-0.4, -0.2) is 31.8 Å². The maximum absolute atomic E-state index is 12.1. The largest absolute Gasteiger partial charge is 0.301 e. The second-order valence-electron chi connectivity index (χ2n) is 5.94. The number of carbonyl (C=O) groups excluding carboxylic acids is 1. The summed E-state index contributed by atoms with van der Waals surface area (Å²) in [6, 6.07) is 0. The molecule has 2 heterocycles. The summed E-state index contributed by atoms with van der Waals surface area (Å²) in [5.74, 6) is 0.261. The van der Waals surface area contributed by atoms with Gasteiger partial charge in [0.15, 0.2) is 5.16 Å². The molecule has 1 amide bonds. The average Bonchev–Trinajstić information content (AvgIpc) is 3.02. The molecule has 0 bridgehead atoms. The minimum absolute atomic E-state index is 0.0756. The van der Waals surface area contributed by atoms with Gasteiger partial charge in [-0.2, -0.15) is 0 Å². The molecule has 7 nitrogen and oxygen atoms in total. The van der Waals surface area contributed by atoms with Crippen LogP contribution in [0.1, 0.15) is 48.9 Å². The molecular formula is C15H19N5O2S2. The maximum Gasteiger partial charge on any atom is 0.254 e. The zero-order valence-electron chi connectivity index (χ0n) is 13.6. The number of hydrogen-bond donors (Lipinski definition) is 2. The van der Waals surface area contributed by atoms with Gasteiger partial charge in [-0.25, -0.2) is 4.98 Å². The van der Waals surface area contributed by atoms with E-state index in [1.54, 1.807) is 0 Å². The van der Waals surface area contributed by atoms with Crippen LogP contribution in [0, 0.1) is 0 Å². The number of carbonyl (C=O) groups is 1. The number of aromatic nitrogens is 4. The predicted octanol–water partition coefficient (Wildman–Crippen LogP) is 2.35. The molecule has 128 valence electrons. The second-order valence-corrected chi connectivity index (χ2v) is 7.91. The summed E-state index contributed by atoms with van der Waals surface area (Å²) in [5.41, 5.74) is 1.59. The number of aryl methyl sites for hydroxylation is 1. The summed E-state index contributed by atoms with van der Waals surface area (Å²) < 4.78 is 0. The fraction of sp³-hybridized carbons (Fsp3) is 0.533. The van der Waals surface area contributed by atoms with Gasteiger partial charge in [0.05, 0.1) is 11.4 Å². The minimum Gasteiger partial charge on any atom is -0.301 e. The van der Waals surface area contributed by atoms with Crippen molar-refractivity contribution in [3.63, 3.8) is 0 Å². The van der Waals surface area contributed by atoms with Gasteiger partial charge in [0.1, 0.15) is 5.01 Å². The van der Waals surface area contributed by atoms with Crippen LogP contribution >= 0.6 is 23.1 Å². The molecule has 1 aliphatic carbocycles. The number of hydrogen-bond acceptors (Lipinski definition) is 7. The van der Waals surface area contributed by atoms with Gasteiger partial charge in [-0.1, -0.05) is 36.9 Å². The molecule has 0 saturated heterocycles. The van der Waals surface area contributed by atoms with E-state index >= 15 is 0 Å². The summed E-state index contributed by atoms with van der Waals surface area (Å²) in [7, 11) is 0. The molecule has 0 spiro atoms. The minimum atomic E-state index is -0.188. The number of nitrogens with zero attached hydrogens (tertiary/aromatic N) is 3. The van der Waals surface area contributed by atoms with Crippen molar-refractivity contribution < 1.29 is 4.79 Å². The molecule has 2 aromatic rings. The van der Waals surface area contributed by atoms with Gasteiger partial charge in [-0.05, 0) is 25.7 Å². The summed E-state index contributed by atoms with van der Waals surface area (Å²) >= 11 is 2.60. The summed E-state index contributed by atoms with van der Waals surface area (Å²) in [4.78, 5) is 31.3. The number of nitrogens with one attached hydrogen (secondary N) is 2. The van der Waals surface area contributed by atoms with Crippen molar-refractivity contribution in [2.24, 2.45) is 0 Å². The third-order valence-electron chi connectivity index (χ3n) is 3.69. The van der Waals surface area contributed by atoms with E-state index in [2.05, 4.69) is 25.5 Å². The standard InChI is InChI=1S/C15H19N5O2S2/c1-8(2)13-19-20-15(24-13)17-11(21)7-23-14-16-10-6-4-3-5-9(10)12(22)18-14/h8H,3-7H2,1-2H3,(H,16,18,22)(H,17,20,21). The van der Waals surface area contributed by atoms with Crippen LogP contribution in [0.15, 0.2) is 9.95 Å². The van der Waals surface area contributed by atoms with E-state index in [0.29, 0.717) is 10.3 Å². The zero-order valence-corrected chi connectivity index (χ0v) is 15.2. The molecule has 0 fully saturated rings. The number of amides is 1. The van der Waals surface area contributed by atoms with Gasteiger partial charge < -0.3 is 4.98 Å². The molecule has 2 aromatic heterocycles. The number of H-pyrrole nitrogens is 1. The molecule has 0 aliphatic heterocycles. The lowest BCUT2D eigenvalue weighted by Gasteiger charge is -2.14. The summed E-state index contributed by atoms with van der Waals surface area (Å²) in [5, 5.41) is 12.6. The van der Waals surface area contributed by atoms with Crippen molar-refractivity contribution >= 4 is 34.1 Å². The van der Waals surface area contributed by atoms with Crippen LogP contribution in [0.4, 0.5) is 5.13 Å². The van der Waals surface area contributed by atoms with Crippen LogP contribution in [0.5, 0.6) is 0 Å². The van der Waals surface area contributed by atoms with Crippen molar-refractivity contribution in [1.82, 2.24) is 20.2 Å². The molecule has 9 heteroatoms. The van der Waals surface area contributed by atoms with Crippen LogP contribution in [0.2, 0.25) is 0 Å². The third-order valence-corrected chi connectivity index (χ3v) is 5.70. The number of fused-ring (bicyclic) bond motifs is 1. The SMILES string of the molecule is CC(C)c1nnc(NC(=O)CSc2nc3c(c(=O)[nH]2)CCCC3)s1. The highest BCUT2D eigenvalue weighted by Gasteiger charge is 2.16. The molecule has 1 aliphatic rings. The molecule has 0 saturated carbocycles. The smallest absolute Gasteiger partial charge is 0.254 e. The van der Waals surface area contributed by atoms with E-state index in [-0.39, 0.29) is 23.1 Å². The van der Waals surface area contributed by atoms with Gasteiger partial charge in [0, 0.05) is 11.5 Å². The lowest BCUT2D eigenvalue weighted by atomic mass is 9.97. The lowest BCUT2D eigenvalue weighted by Crippen LogP contribution is -2.22. The Labute approximate surface area is 147 Å². The van der Waals surface area contributed by atoms with Crippen molar-refractivity contribution in [3.05, 3.63) is 26.6 Å². The quantitative estimate of drug-likeness (QED) is 0.623. The first-order chi connectivity index (χ1) is 11.5. The van der Waals surface area contributed by atoms with Crippen molar-refractivity contribution in [2.75, 3.05) is 11.1 Å². The summed E-state index contributed by atoms with van der Waals surface area (Å²) in [6.07, 6.45) is 3.72. The van der Waals surface area contributed by atoms with Gasteiger partial charge in [0.25, 0.3) is 5.56 Å². The van der Waals surface area contributed by atoms with Gasteiger partial charge >= 0.3 is 0 Å². The summed E-state index contributed by atoms with van der Waals surface area (Å²) in [6.45, 7) is 4.06. The monoisotopic (exact) mass is 365 g/mol. The molecule has 0 radical (unpaired) electrons. The first-order valence-electron chi connectivity index (χ1n) is 7.91. The van der Waals surface area contributed by atoms with Gasteiger partial charge in [-0.3, -0.25) is 14.9 Å². The first kappa shape index (κ1) is 17.1. The molecule has 3 rings (SSSR count). The Morgan fingerprint density at radius 3 is 2.88 bits per heavy atom. The van der Waals surface area contributed by atoms with E-state index in [4.69, 9.17) is 0 Å². The highest BCUT2D eigenvalue weighted by molar-refractivity contribution is 7.99. The van der Waals surface area contributed by atoms with Crippen molar-refractivity contribution in [2.45, 2.75) is 50.6 Å². The number of rotatable bonds is 5. The zero-order chi connectivity index (χ0) is 17.1. The van der Waals surface area contributed by atoms with Crippen LogP contribution < -0.4 is 10.9 Å². The van der Waals surface area contributed by atoms with Crippen molar-refractivity contribution in [3.8, 4) is 0 Å². The van der Waals surface area contributed by atoms with E-state index in [1.165, 1.54) is 23.1 Å². The Bertz CT molecular complexity index is 799. The molecule has 0 atom stereocenters. The van der Waals surface area contributed by atoms with E-state index in [0.717, 1.165) is 41.9 Å². The van der Waals surface area contributed by atoms with Crippen LogP contribution in [0.3, 0.4) is 0 Å². The van der Waals surface area contributed by atoms with Crippen LogP contribution in [-0.2, 0) is 17.6 Å². The van der Waals surface area contributed by atoms with Gasteiger partial charge in [-0.15, -0.1) is 10.2 Å². The Morgan fingerprint density at radius 2 is 2.12 bits per heavy atom. The van der Waals surface area contributed by atoms with Crippen LogP contribution in [0.25, 0.3) is 0 Å². The highest BCUT2D eigenvalue weighted by Crippen LogP contribution is 2.23. The Morgan fingerprint density at radius 1 is 1.33 bits per heavy atom. The molecule has 0 unspecified atom stereocenters. The second kappa shape index (κ2) is 7.43. The maximum atomic E-state index is 12.1. The Balaban J connectivity index is 1.60. The first-order valence-corrected chi connectivity index (χ1v) is 9.71. The molecule has 0 aromatic carbocycles. The number of aromatic amines is 1. The normalized spacial score (nSPS) is 13.8. The van der Waals surface area contributed by atoms with E-state index in [9.17, 15) is 9.59 Å². The fourth-order valence-electron chi connectivity index (χ4n) is 2.46. The number of anilines is 1. The fourth-order valence-corrected chi connectivity index (χ4v) is 3.90. The molecule has 24 heavy (non-hydrogen) atoms. The third kappa shape index (κ3) is 4.02. The Hall–Kier alpha value is -1.74. The number of thioether (sulfide) groups is 1. The Kier molecular flexibility index (Phi) is 5.30. The predicted molar refractivity (Wildman–Crippen MR) is 94.9 cm³/mol. The average molecular weight is 365 g/mol. The molecule has 2 N–H and O–H groups in total. The van der Waals surface area contributed by atoms with E-state index < -0.39 is 0 Å². The van der Waals surface area contributed by atoms with E-state index in [1.807, 2.05) is 13.8 Å². The highest BCUT2D eigenvalue weighted by atomic mass is 32.2. The van der Waals surface area contributed by atoms with Crippen molar-refractivity contribution in [1.29, 1.82) is 0 Å². The topological polar surface area (TPSA) is 101 Å². The lowest BCUT2D eigenvalue weighted by molar-refractivity contribution is -0.113.